The molecule has 13 nitrogen and oxygen atoms in total. The Labute approximate surface area is 276 Å². The number of rotatable bonds is 17. The number of halogens is 3. The molecule has 1 unspecified atom stereocenters. The summed E-state index contributed by atoms with van der Waals surface area (Å²) in [6.07, 6.45) is -3.28. The third-order valence-electron chi connectivity index (χ3n) is 7.42. The number of nitrogens with two attached hydrogens (primary N) is 4. The molecule has 16 heteroatoms. The summed E-state index contributed by atoms with van der Waals surface area (Å²) in [5.74, 6) is -2.65. The van der Waals surface area contributed by atoms with E-state index in [1.165, 1.54) is 23.2 Å². The summed E-state index contributed by atoms with van der Waals surface area (Å²) < 4.78 is 39.5. The molecular weight excluding hydrogens is 631 g/mol. The molecule has 1 heterocycles. The Morgan fingerprint density at radius 2 is 1.48 bits per heavy atom. The van der Waals surface area contributed by atoms with Crippen molar-refractivity contribution in [3.63, 3.8) is 0 Å². The second-order valence-corrected chi connectivity index (χ2v) is 11.1. The monoisotopic (exact) mass is 673 g/mol. The third kappa shape index (κ3) is 11.3. The number of nitrogens with zero attached hydrogens (tertiary/aromatic N) is 2. The highest BCUT2D eigenvalue weighted by Gasteiger charge is 2.32. The van der Waals surface area contributed by atoms with Crippen molar-refractivity contribution in [2.24, 2.45) is 22.9 Å². The second kappa shape index (κ2) is 18.1. The molecule has 260 valence electrons. The number of carbonyl (C=O) groups excluding carboxylic acids is 4. The number of anilines is 1. The number of alkyl halides is 3. The fraction of sp³-hybridized carbons (Fsp3) is 0.406. The molecule has 11 N–H and O–H groups in total. The Morgan fingerprint density at radius 1 is 0.833 bits per heavy atom. The van der Waals surface area contributed by atoms with Gasteiger partial charge in [-0.05, 0) is 49.2 Å². The SMILES string of the molecule is NCCC[C@H](NC(=O)C(N)CC(=O)N(CCN)CCN)C(=O)N[C@@H](Cc1ccc(C(F)(F)F)cc1)C(=O)Nc1cnc2ccccc2c1. The van der Waals surface area contributed by atoms with Gasteiger partial charge in [-0.3, -0.25) is 24.2 Å². The summed E-state index contributed by atoms with van der Waals surface area (Å²) in [5, 5.41) is 8.61. The van der Waals surface area contributed by atoms with Crippen LogP contribution in [-0.4, -0.2) is 84.4 Å². The quantitative estimate of drug-likeness (QED) is 0.106. The van der Waals surface area contributed by atoms with Gasteiger partial charge in [0.05, 0.1) is 35.4 Å². The van der Waals surface area contributed by atoms with Crippen LogP contribution in [0.5, 0.6) is 0 Å². The van der Waals surface area contributed by atoms with Crippen molar-refractivity contribution in [1.82, 2.24) is 20.5 Å². The van der Waals surface area contributed by atoms with Crippen LogP contribution in [-0.2, 0) is 31.8 Å². The molecule has 1 aromatic heterocycles. The van der Waals surface area contributed by atoms with Crippen LogP contribution in [0.4, 0.5) is 18.9 Å². The summed E-state index contributed by atoms with van der Waals surface area (Å²) in [5.41, 5.74) is 23.3. The molecule has 3 atom stereocenters. The van der Waals surface area contributed by atoms with E-state index in [9.17, 15) is 32.3 Å². The van der Waals surface area contributed by atoms with Crippen molar-refractivity contribution in [3.8, 4) is 0 Å². The van der Waals surface area contributed by atoms with E-state index in [0.29, 0.717) is 23.2 Å². The molecule has 0 saturated heterocycles. The molecule has 3 rings (SSSR count). The second-order valence-electron chi connectivity index (χ2n) is 11.1. The highest BCUT2D eigenvalue weighted by Crippen LogP contribution is 2.29. The average Bonchev–Trinajstić information content (AvgIpc) is 3.05. The molecule has 48 heavy (non-hydrogen) atoms. The van der Waals surface area contributed by atoms with E-state index in [0.717, 1.165) is 17.5 Å². The molecule has 0 aliphatic rings. The molecule has 0 radical (unpaired) electrons. The van der Waals surface area contributed by atoms with Crippen molar-refractivity contribution < 1.29 is 32.3 Å². The first-order chi connectivity index (χ1) is 22.9. The zero-order valence-electron chi connectivity index (χ0n) is 26.3. The van der Waals surface area contributed by atoms with Gasteiger partial charge in [-0.15, -0.1) is 0 Å². The van der Waals surface area contributed by atoms with E-state index in [2.05, 4.69) is 20.9 Å². The lowest BCUT2D eigenvalue weighted by Crippen LogP contribution is -2.56. The topological polar surface area (TPSA) is 225 Å². The molecule has 0 saturated carbocycles. The number of para-hydroxylation sites is 1. The van der Waals surface area contributed by atoms with Gasteiger partial charge >= 0.3 is 6.18 Å². The molecule has 0 aliphatic heterocycles. The van der Waals surface area contributed by atoms with Crippen molar-refractivity contribution in [2.75, 3.05) is 38.0 Å². The van der Waals surface area contributed by atoms with Crippen molar-refractivity contribution in [3.05, 3.63) is 71.9 Å². The van der Waals surface area contributed by atoms with Crippen LogP contribution < -0.4 is 38.9 Å². The zero-order valence-corrected chi connectivity index (χ0v) is 26.3. The van der Waals surface area contributed by atoms with Crippen LogP contribution >= 0.6 is 0 Å². The molecular formula is C32H42F3N9O4. The molecule has 3 aromatic rings. The molecule has 0 bridgehead atoms. The van der Waals surface area contributed by atoms with E-state index in [1.54, 1.807) is 24.3 Å². The van der Waals surface area contributed by atoms with Crippen LogP contribution in [0, 0.1) is 0 Å². The Morgan fingerprint density at radius 3 is 2.10 bits per heavy atom. The largest absolute Gasteiger partial charge is 0.416 e. The number of pyridine rings is 1. The third-order valence-corrected chi connectivity index (χ3v) is 7.42. The Kier molecular flexibility index (Phi) is 14.2. The molecule has 0 spiro atoms. The van der Waals surface area contributed by atoms with E-state index in [1.807, 2.05) is 6.07 Å². The van der Waals surface area contributed by atoms with E-state index in [4.69, 9.17) is 22.9 Å². The van der Waals surface area contributed by atoms with Gasteiger partial charge in [0, 0.05) is 38.0 Å². The van der Waals surface area contributed by atoms with Gasteiger partial charge in [-0.1, -0.05) is 30.3 Å². The fourth-order valence-electron chi connectivity index (χ4n) is 4.87. The van der Waals surface area contributed by atoms with Gasteiger partial charge in [0.1, 0.15) is 12.1 Å². The van der Waals surface area contributed by atoms with Gasteiger partial charge in [0.25, 0.3) is 0 Å². The predicted molar refractivity (Wildman–Crippen MR) is 175 cm³/mol. The first-order valence-corrected chi connectivity index (χ1v) is 15.4. The lowest BCUT2D eigenvalue weighted by atomic mass is 10.0. The number of hydrogen-bond acceptors (Lipinski definition) is 9. The Balaban J connectivity index is 1.80. The number of fused-ring (bicyclic) bond motifs is 1. The lowest BCUT2D eigenvalue weighted by molar-refractivity contribution is -0.137. The lowest BCUT2D eigenvalue weighted by Gasteiger charge is -2.25. The van der Waals surface area contributed by atoms with Gasteiger partial charge in [-0.25, -0.2) is 0 Å². The standard InChI is InChI=1S/C32H42F3N9O4/c33-32(34,35)22-9-7-20(8-10-22)16-27(31(48)41-23-17-21-4-1-2-5-25(21)40-19-23)43-30(47)26(6-3-11-36)42-29(46)24(39)18-28(45)44(14-12-37)15-13-38/h1-2,4-5,7-10,17,19,24,26-27H,3,6,11-16,18,36-39H2,(H,41,48)(H,42,46)(H,43,47)/t24?,26-,27-/m0/s1. The number of aromatic nitrogens is 1. The summed E-state index contributed by atoms with van der Waals surface area (Å²) >= 11 is 0. The number of hydrogen-bond donors (Lipinski definition) is 7. The van der Waals surface area contributed by atoms with Crippen LogP contribution in [0.1, 0.15) is 30.4 Å². The number of amides is 4. The summed E-state index contributed by atoms with van der Waals surface area (Å²) in [6.45, 7) is 1.01. The van der Waals surface area contributed by atoms with Crippen LogP contribution in [0.25, 0.3) is 10.9 Å². The smallest absolute Gasteiger partial charge is 0.343 e. The Bertz CT molecular complexity index is 1530. The zero-order chi connectivity index (χ0) is 35.3. The Hall–Kier alpha value is -4.64. The first kappa shape index (κ1) is 37.8. The number of carbonyl (C=O) groups is 4. The maximum Gasteiger partial charge on any atom is 0.416 e. The van der Waals surface area contributed by atoms with Crippen molar-refractivity contribution in [1.29, 1.82) is 0 Å². The molecule has 4 amide bonds. The maximum atomic E-state index is 13.6. The minimum Gasteiger partial charge on any atom is -0.343 e. The van der Waals surface area contributed by atoms with E-state index >= 15 is 0 Å². The molecule has 0 fully saturated rings. The fourth-order valence-corrected chi connectivity index (χ4v) is 4.87. The normalized spacial score (nSPS) is 13.3. The van der Waals surface area contributed by atoms with Crippen LogP contribution in [0.3, 0.4) is 0 Å². The summed E-state index contributed by atoms with van der Waals surface area (Å²) in [6, 6.07) is 9.31. The van der Waals surface area contributed by atoms with Crippen LogP contribution in [0.2, 0.25) is 0 Å². The minimum atomic E-state index is -4.56. The highest BCUT2D eigenvalue weighted by molar-refractivity contribution is 6.00. The summed E-state index contributed by atoms with van der Waals surface area (Å²) in [4.78, 5) is 58.5. The van der Waals surface area contributed by atoms with Gasteiger partial charge in [0.2, 0.25) is 23.6 Å². The summed E-state index contributed by atoms with van der Waals surface area (Å²) in [7, 11) is 0. The van der Waals surface area contributed by atoms with Gasteiger partial charge in [0.15, 0.2) is 0 Å². The predicted octanol–water partition coefficient (Wildman–Crippen LogP) is 0.607. The van der Waals surface area contributed by atoms with Crippen molar-refractivity contribution >= 4 is 40.2 Å². The molecule has 0 aliphatic carbocycles. The maximum absolute atomic E-state index is 13.6. The van der Waals surface area contributed by atoms with Crippen LogP contribution in [0.15, 0.2) is 60.8 Å². The number of nitrogens with one attached hydrogen (secondary N) is 3. The number of benzene rings is 2. The van der Waals surface area contributed by atoms with E-state index in [-0.39, 0.29) is 52.0 Å². The van der Waals surface area contributed by atoms with Gasteiger partial charge < -0.3 is 43.8 Å². The van der Waals surface area contributed by atoms with Crippen molar-refractivity contribution in [2.45, 2.75) is 50.0 Å². The van der Waals surface area contributed by atoms with Gasteiger partial charge in [-0.2, -0.15) is 13.2 Å². The minimum absolute atomic E-state index is 0.0738. The van der Waals surface area contributed by atoms with E-state index < -0.39 is 53.5 Å². The molecule has 2 aromatic carbocycles. The first-order valence-electron chi connectivity index (χ1n) is 15.4. The average molecular weight is 674 g/mol. The highest BCUT2D eigenvalue weighted by atomic mass is 19.4.